The number of carbonyl (C=O) groups excluding carboxylic acids is 1. The van der Waals surface area contributed by atoms with Gasteiger partial charge in [-0.1, -0.05) is 12.6 Å². The summed E-state index contributed by atoms with van der Waals surface area (Å²) in [5.41, 5.74) is 9.66. The summed E-state index contributed by atoms with van der Waals surface area (Å²) in [5, 5.41) is 0. The zero-order valence-electron chi connectivity index (χ0n) is 20.1. The molecule has 12 heteroatoms. The van der Waals surface area contributed by atoms with Gasteiger partial charge in [-0.05, 0) is 48.4 Å². The number of hydrogen-bond acceptors (Lipinski definition) is 6. The van der Waals surface area contributed by atoms with Crippen molar-refractivity contribution < 1.29 is 35.9 Å². The molecule has 0 spiro atoms. The van der Waals surface area contributed by atoms with Crippen molar-refractivity contribution in [3.8, 4) is 5.75 Å². The molecule has 2 rings (SSSR count). The van der Waals surface area contributed by atoms with Crippen LogP contribution in [0.5, 0.6) is 5.75 Å². The molecule has 0 atom stereocenters. The Labute approximate surface area is 220 Å². The Morgan fingerprint density at radius 2 is 1.57 bits per heavy atom. The van der Waals surface area contributed by atoms with E-state index >= 15 is 0 Å². The average molecular weight is 567 g/mol. The van der Waals surface area contributed by atoms with E-state index in [9.17, 15) is 31.1 Å². The van der Waals surface area contributed by atoms with E-state index in [2.05, 4.69) is 6.58 Å². The quantitative estimate of drug-likeness (QED) is 0.164. The number of alkyl halides is 6. The fourth-order valence-corrected chi connectivity index (χ4v) is 5.32. The molecule has 2 aromatic carbocycles. The Morgan fingerprint density at radius 1 is 0.946 bits per heavy atom. The van der Waals surface area contributed by atoms with Crippen molar-refractivity contribution in [2.24, 2.45) is 11.5 Å². The van der Waals surface area contributed by atoms with Crippen LogP contribution in [0.25, 0.3) is 0 Å². The molecule has 0 bridgehead atoms. The predicted octanol–water partition coefficient (Wildman–Crippen LogP) is 6.48. The van der Waals surface area contributed by atoms with Gasteiger partial charge in [0.1, 0.15) is 11.5 Å². The van der Waals surface area contributed by atoms with Gasteiger partial charge in [-0.2, -0.15) is 26.3 Å². The summed E-state index contributed by atoms with van der Waals surface area (Å²) in [4.78, 5) is 12.7. The minimum absolute atomic E-state index is 0.00151. The van der Waals surface area contributed by atoms with Gasteiger partial charge in [0.05, 0.1) is 18.2 Å². The first-order chi connectivity index (χ1) is 17.3. The van der Waals surface area contributed by atoms with Crippen molar-refractivity contribution in [1.82, 2.24) is 0 Å². The van der Waals surface area contributed by atoms with E-state index in [0.29, 0.717) is 24.3 Å². The number of rotatable bonds is 13. The summed E-state index contributed by atoms with van der Waals surface area (Å²) >= 11 is 1.95. The van der Waals surface area contributed by atoms with Crippen molar-refractivity contribution in [3.05, 3.63) is 64.9 Å². The molecule has 4 N–H and O–H groups in total. The highest BCUT2D eigenvalue weighted by Crippen LogP contribution is 2.41. The Kier molecular flexibility index (Phi) is 11.3. The van der Waals surface area contributed by atoms with Crippen LogP contribution in [0.4, 0.5) is 26.3 Å². The topological polar surface area (TPSA) is 78.3 Å². The fraction of sp³-hybridized carbons (Fsp3) is 0.400. The zero-order chi connectivity index (χ0) is 27.8. The number of ketones is 1. The number of ether oxygens (including phenoxy) is 1. The van der Waals surface area contributed by atoms with Gasteiger partial charge in [-0.25, -0.2) is 0 Å². The molecule has 0 heterocycles. The minimum Gasteiger partial charge on any atom is -0.496 e. The summed E-state index contributed by atoms with van der Waals surface area (Å²) < 4.78 is 87.1. The van der Waals surface area contributed by atoms with E-state index < -0.39 is 35.7 Å². The van der Waals surface area contributed by atoms with E-state index in [1.165, 1.54) is 25.3 Å². The van der Waals surface area contributed by atoms with Gasteiger partial charge in [0.2, 0.25) is 0 Å². The molecule has 204 valence electrons. The second-order valence-corrected chi connectivity index (χ2v) is 10.4. The molecular formula is C25H28F6N2O2S2. The summed E-state index contributed by atoms with van der Waals surface area (Å²) in [6, 6.07) is 5.69. The van der Waals surface area contributed by atoms with Crippen LogP contribution in [0, 0.1) is 0 Å². The first-order valence-electron chi connectivity index (χ1n) is 11.1. The second kappa shape index (κ2) is 13.5. The van der Waals surface area contributed by atoms with Gasteiger partial charge >= 0.3 is 12.4 Å². The summed E-state index contributed by atoms with van der Waals surface area (Å²) in [6.45, 7) is 3.73. The predicted molar refractivity (Wildman–Crippen MR) is 135 cm³/mol. The first kappa shape index (κ1) is 30.9. The molecule has 0 aliphatic heterocycles. The van der Waals surface area contributed by atoms with E-state index in [4.69, 9.17) is 16.2 Å². The lowest BCUT2D eigenvalue weighted by atomic mass is 9.99. The van der Waals surface area contributed by atoms with Crippen LogP contribution in [-0.2, 0) is 30.0 Å². The Hall–Kier alpha value is -2.31. The summed E-state index contributed by atoms with van der Waals surface area (Å²) in [6.07, 6.45) is -9.08. The van der Waals surface area contributed by atoms with Crippen LogP contribution >= 0.6 is 23.5 Å². The van der Waals surface area contributed by atoms with E-state index in [-0.39, 0.29) is 45.4 Å². The van der Waals surface area contributed by atoms with Crippen molar-refractivity contribution in [3.63, 3.8) is 0 Å². The number of allylic oxidation sites excluding steroid dienone is 1. The first-order valence-corrected chi connectivity index (χ1v) is 13.1. The lowest BCUT2D eigenvalue weighted by molar-refractivity contribution is -0.140. The monoisotopic (exact) mass is 566 g/mol. The maximum atomic E-state index is 13.7. The number of benzene rings is 2. The van der Waals surface area contributed by atoms with Crippen molar-refractivity contribution in [1.29, 1.82) is 0 Å². The molecule has 0 aliphatic carbocycles. The van der Waals surface area contributed by atoms with Crippen molar-refractivity contribution >= 4 is 29.3 Å². The van der Waals surface area contributed by atoms with Crippen LogP contribution in [0.2, 0.25) is 0 Å². The third-order valence-corrected chi connectivity index (χ3v) is 7.35. The van der Waals surface area contributed by atoms with Crippen LogP contribution in [-0.4, -0.2) is 30.9 Å². The second-order valence-electron chi connectivity index (χ2n) is 8.13. The summed E-state index contributed by atoms with van der Waals surface area (Å²) in [5.74, 6) is 0.189. The summed E-state index contributed by atoms with van der Waals surface area (Å²) in [7, 11) is 1.27. The van der Waals surface area contributed by atoms with Gasteiger partial charge in [0, 0.05) is 46.2 Å². The largest absolute Gasteiger partial charge is 0.496 e. The molecule has 0 saturated carbocycles. The fourth-order valence-electron chi connectivity index (χ4n) is 3.46. The van der Waals surface area contributed by atoms with Crippen molar-refractivity contribution in [2.45, 2.75) is 47.8 Å². The molecule has 0 aromatic heterocycles. The lowest BCUT2D eigenvalue weighted by Crippen LogP contribution is -2.13. The van der Waals surface area contributed by atoms with Crippen LogP contribution < -0.4 is 16.2 Å². The molecule has 2 aromatic rings. The molecule has 4 nitrogen and oxygen atoms in total. The Morgan fingerprint density at radius 3 is 2.14 bits per heavy atom. The third-order valence-electron chi connectivity index (χ3n) is 5.10. The number of carbonyl (C=O) groups is 1. The maximum absolute atomic E-state index is 13.7. The van der Waals surface area contributed by atoms with Gasteiger partial charge in [-0.15, -0.1) is 23.5 Å². The third kappa shape index (κ3) is 9.50. The van der Waals surface area contributed by atoms with Gasteiger partial charge < -0.3 is 16.2 Å². The Bertz CT molecular complexity index is 1100. The molecule has 37 heavy (non-hydrogen) atoms. The van der Waals surface area contributed by atoms with E-state index in [1.807, 2.05) is 0 Å². The van der Waals surface area contributed by atoms with Gasteiger partial charge in [0.25, 0.3) is 0 Å². The van der Waals surface area contributed by atoms with E-state index in [1.54, 1.807) is 0 Å². The lowest BCUT2D eigenvalue weighted by Gasteiger charge is -2.17. The number of halogens is 6. The van der Waals surface area contributed by atoms with E-state index in [0.717, 1.165) is 35.7 Å². The maximum Gasteiger partial charge on any atom is 0.417 e. The molecule has 0 saturated heterocycles. The number of Topliss-reactive ketones (excluding diaryl/α,β-unsaturated/α-hetero) is 1. The standard InChI is InChI=1S/C25H28F6N2O2S2/c1-15(33)4-3-8-36-22-6-5-16(11-19(22)24(26,27)28)10-18(34)12-17-13-20(25(29,30)31)23(37-9-7-32)14-21(17)35-2/h5-6,11,13-14H,1,3-4,7-10,12,32-33H2,2H3. The number of hydrogen-bond donors (Lipinski definition) is 2. The Balaban J connectivity index is 2.26. The average Bonchev–Trinajstić information content (AvgIpc) is 2.79. The highest BCUT2D eigenvalue weighted by molar-refractivity contribution is 7.99. The number of nitrogens with two attached hydrogens (primary N) is 2. The molecule has 0 unspecified atom stereocenters. The van der Waals surface area contributed by atoms with Gasteiger partial charge in [0.15, 0.2) is 0 Å². The number of methoxy groups -OCH3 is 1. The molecular weight excluding hydrogens is 538 g/mol. The SMILES string of the molecule is C=C(N)CCCSc1ccc(CC(=O)Cc2cc(C(F)(F)F)c(SCCN)cc2OC)cc1C(F)(F)F. The minimum atomic E-state index is -4.67. The molecule has 0 amide bonds. The highest BCUT2D eigenvalue weighted by atomic mass is 32.2. The number of thioether (sulfide) groups is 2. The molecule has 0 fully saturated rings. The van der Waals surface area contributed by atoms with Crippen LogP contribution in [0.3, 0.4) is 0 Å². The van der Waals surface area contributed by atoms with Crippen LogP contribution in [0.1, 0.15) is 35.1 Å². The molecule has 0 radical (unpaired) electrons. The van der Waals surface area contributed by atoms with Crippen molar-refractivity contribution in [2.75, 3.05) is 25.2 Å². The molecule has 0 aliphatic rings. The zero-order valence-corrected chi connectivity index (χ0v) is 21.7. The smallest absolute Gasteiger partial charge is 0.417 e. The normalized spacial score (nSPS) is 12.0. The van der Waals surface area contributed by atoms with Gasteiger partial charge in [-0.3, -0.25) is 4.79 Å². The van der Waals surface area contributed by atoms with Crippen LogP contribution in [0.15, 0.2) is 52.4 Å². The highest BCUT2D eigenvalue weighted by Gasteiger charge is 2.35.